The number of methoxy groups -OCH3 is 1. The van der Waals surface area contributed by atoms with Gasteiger partial charge in [0, 0.05) is 24.3 Å². The Hall–Kier alpha value is -3.92. The molecule has 0 unspecified atom stereocenters. The molecule has 0 saturated carbocycles. The van der Waals surface area contributed by atoms with Crippen LogP contribution in [0.5, 0.6) is 11.5 Å². The Labute approximate surface area is 178 Å². The number of imidazole rings is 1. The van der Waals surface area contributed by atoms with Crippen molar-refractivity contribution in [2.24, 2.45) is 0 Å². The fourth-order valence-electron chi connectivity index (χ4n) is 2.95. The molecule has 0 radical (unpaired) electrons. The summed E-state index contributed by atoms with van der Waals surface area (Å²) in [6.45, 7) is 0. The van der Waals surface area contributed by atoms with Crippen molar-refractivity contribution in [1.29, 1.82) is 0 Å². The van der Waals surface area contributed by atoms with E-state index in [4.69, 9.17) is 9.47 Å². The molecule has 0 saturated heterocycles. The van der Waals surface area contributed by atoms with Gasteiger partial charge in [0.2, 0.25) is 5.95 Å². The number of aromatic amines is 1. The predicted molar refractivity (Wildman–Crippen MR) is 115 cm³/mol. The maximum Gasteiger partial charge on any atom is 0.337 e. The van der Waals surface area contributed by atoms with Crippen LogP contribution < -0.4 is 10.1 Å². The van der Waals surface area contributed by atoms with Crippen LogP contribution in [0.4, 0.5) is 11.6 Å². The first kappa shape index (κ1) is 20.4. The molecule has 2 aromatic carbocycles. The highest BCUT2D eigenvalue weighted by Gasteiger charge is 2.20. The number of benzene rings is 2. The van der Waals surface area contributed by atoms with Crippen LogP contribution in [0.3, 0.4) is 0 Å². The molecule has 0 amide bonds. The summed E-state index contributed by atoms with van der Waals surface area (Å²) in [6.07, 6.45) is 4.35. The van der Waals surface area contributed by atoms with Crippen molar-refractivity contribution < 1.29 is 22.7 Å². The second-order valence-electron chi connectivity index (χ2n) is 6.65. The molecule has 10 heteroatoms. The molecule has 31 heavy (non-hydrogen) atoms. The molecule has 0 bridgehead atoms. The molecule has 0 atom stereocenters. The van der Waals surface area contributed by atoms with Crippen LogP contribution in [0, 0.1) is 0 Å². The average molecular weight is 438 g/mol. The largest absolute Gasteiger partial charge is 0.465 e. The number of nitrogens with one attached hydrogen (secondary N) is 2. The minimum Gasteiger partial charge on any atom is -0.465 e. The maximum absolute atomic E-state index is 12.2. The van der Waals surface area contributed by atoms with Crippen LogP contribution >= 0.6 is 0 Å². The molecule has 0 fully saturated rings. The van der Waals surface area contributed by atoms with Crippen molar-refractivity contribution in [3.8, 4) is 11.5 Å². The highest BCUT2D eigenvalue weighted by Crippen LogP contribution is 2.28. The zero-order valence-electron chi connectivity index (χ0n) is 16.6. The number of nitrogens with zero attached hydrogens (tertiary/aromatic N) is 2. The van der Waals surface area contributed by atoms with Crippen LogP contribution in [0.2, 0.25) is 0 Å². The van der Waals surface area contributed by atoms with Gasteiger partial charge in [-0.05, 0) is 48.5 Å². The van der Waals surface area contributed by atoms with Gasteiger partial charge in [-0.25, -0.2) is 18.2 Å². The van der Waals surface area contributed by atoms with E-state index >= 15 is 0 Å². The SMILES string of the molecule is COC(=O)c1cc(S(C)(=O)=O)c2nc(Nc3ccc(Oc4ccncc4)cc3)[nH]c2c1. The van der Waals surface area contributed by atoms with E-state index in [0.29, 0.717) is 28.7 Å². The Morgan fingerprint density at radius 2 is 1.71 bits per heavy atom. The Morgan fingerprint density at radius 1 is 1.03 bits per heavy atom. The Bertz CT molecular complexity index is 1350. The topological polar surface area (TPSA) is 123 Å². The second-order valence-corrected chi connectivity index (χ2v) is 8.64. The summed E-state index contributed by atoms with van der Waals surface area (Å²) in [7, 11) is -2.40. The van der Waals surface area contributed by atoms with Gasteiger partial charge in [0.05, 0.1) is 23.1 Å². The molecular weight excluding hydrogens is 420 g/mol. The average Bonchev–Trinajstić information content (AvgIpc) is 3.16. The molecule has 2 heterocycles. The van der Waals surface area contributed by atoms with Gasteiger partial charge in [-0.3, -0.25) is 4.98 Å². The molecule has 0 aliphatic rings. The molecule has 0 aliphatic heterocycles. The van der Waals surface area contributed by atoms with E-state index < -0.39 is 15.8 Å². The lowest BCUT2D eigenvalue weighted by atomic mass is 10.2. The number of hydrogen-bond donors (Lipinski definition) is 2. The standard InChI is InChI=1S/C21H18N4O5S/c1-29-20(26)13-11-17-19(18(12-13)31(2,27)28)25-21(24-17)23-14-3-5-15(6-4-14)30-16-7-9-22-10-8-16/h3-12H,1-2H3,(H2,23,24,25). The monoisotopic (exact) mass is 438 g/mol. The van der Waals surface area contributed by atoms with Gasteiger partial charge in [-0.15, -0.1) is 0 Å². The zero-order valence-corrected chi connectivity index (χ0v) is 17.4. The minimum atomic E-state index is -3.63. The van der Waals surface area contributed by atoms with Gasteiger partial charge >= 0.3 is 5.97 Å². The predicted octanol–water partition coefficient (Wildman–Crippen LogP) is 3.68. The Morgan fingerprint density at radius 3 is 2.35 bits per heavy atom. The van der Waals surface area contributed by atoms with E-state index in [9.17, 15) is 13.2 Å². The molecule has 9 nitrogen and oxygen atoms in total. The van der Waals surface area contributed by atoms with E-state index in [1.54, 1.807) is 48.8 Å². The first-order valence-electron chi connectivity index (χ1n) is 9.10. The van der Waals surface area contributed by atoms with E-state index in [0.717, 1.165) is 6.26 Å². The van der Waals surface area contributed by atoms with Crippen LogP contribution in [0.25, 0.3) is 11.0 Å². The third kappa shape index (κ3) is 4.48. The lowest BCUT2D eigenvalue weighted by Crippen LogP contribution is -2.05. The third-order valence-corrected chi connectivity index (χ3v) is 5.48. The number of hydrogen-bond acceptors (Lipinski definition) is 8. The molecule has 2 N–H and O–H groups in total. The number of carbonyl (C=O) groups excluding carboxylic acids is 1. The van der Waals surface area contributed by atoms with Gasteiger partial charge in [-0.2, -0.15) is 0 Å². The molecule has 0 aliphatic carbocycles. The number of rotatable bonds is 6. The molecular formula is C21H18N4O5S. The summed E-state index contributed by atoms with van der Waals surface area (Å²) in [5, 5.41) is 3.08. The highest BCUT2D eigenvalue weighted by atomic mass is 32.2. The number of anilines is 2. The van der Waals surface area contributed by atoms with Crippen molar-refractivity contribution in [1.82, 2.24) is 15.0 Å². The van der Waals surface area contributed by atoms with Crippen molar-refractivity contribution in [2.45, 2.75) is 4.90 Å². The summed E-state index contributed by atoms with van der Waals surface area (Å²) in [5.41, 5.74) is 1.44. The van der Waals surface area contributed by atoms with E-state index in [-0.39, 0.29) is 16.0 Å². The third-order valence-electron chi connectivity index (χ3n) is 4.37. The number of esters is 1. The minimum absolute atomic E-state index is 0.0594. The lowest BCUT2D eigenvalue weighted by molar-refractivity contribution is 0.0600. The molecule has 4 rings (SSSR count). The first-order valence-corrected chi connectivity index (χ1v) is 11.0. The molecule has 0 spiro atoms. The number of aromatic nitrogens is 3. The van der Waals surface area contributed by atoms with Crippen molar-refractivity contribution in [3.05, 3.63) is 66.5 Å². The fraction of sp³-hybridized carbons (Fsp3) is 0.0952. The summed E-state index contributed by atoms with van der Waals surface area (Å²) in [4.78, 5) is 23.2. The molecule has 158 valence electrons. The second kappa shape index (κ2) is 8.07. The summed E-state index contributed by atoms with van der Waals surface area (Å²) in [5.74, 6) is 0.997. The smallest absolute Gasteiger partial charge is 0.337 e. The molecule has 2 aromatic heterocycles. The van der Waals surface area contributed by atoms with Crippen molar-refractivity contribution in [3.63, 3.8) is 0 Å². The number of fused-ring (bicyclic) bond motifs is 1. The highest BCUT2D eigenvalue weighted by molar-refractivity contribution is 7.91. The van der Waals surface area contributed by atoms with Crippen LogP contribution in [-0.4, -0.2) is 42.7 Å². The van der Waals surface area contributed by atoms with Crippen molar-refractivity contribution in [2.75, 3.05) is 18.7 Å². The fourth-order valence-corrected chi connectivity index (χ4v) is 3.80. The van der Waals surface area contributed by atoms with Crippen molar-refractivity contribution >= 4 is 38.5 Å². The normalized spacial score (nSPS) is 11.3. The quantitative estimate of drug-likeness (QED) is 0.437. The first-order chi connectivity index (χ1) is 14.8. The number of pyridine rings is 1. The number of sulfone groups is 1. The van der Waals surface area contributed by atoms with E-state index in [1.807, 2.05) is 0 Å². The van der Waals surface area contributed by atoms with E-state index in [1.165, 1.54) is 19.2 Å². The number of H-pyrrole nitrogens is 1. The Balaban J connectivity index is 1.62. The summed E-state index contributed by atoms with van der Waals surface area (Å²) >= 11 is 0. The van der Waals surface area contributed by atoms with Crippen LogP contribution in [0.1, 0.15) is 10.4 Å². The summed E-state index contributed by atoms with van der Waals surface area (Å²) < 4.78 is 34.9. The number of ether oxygens (including phenoxy) is 2. The molecule has 4 aromatic rings. The Kier molecular flexibility index (Phi) is 5.30. The van der Waals surface area contributed by atoms with Crippen LogP contribution in [-0.2, 0) is 14.6 Å². The van der Waals surface area contributed by atoms with Gasteiger partial charge in [0.25, 0.3) is 0 Å². The van der Waals surface area contributed by atoms with Crippen LogP contribution in [0.15, 0.2) is 65.8 Å². The number of carbonyl (C=O) groups is 1. The maximum atomic E-state index is 12.2. The zero-order chi connectivity index (χ0) is 22.0. The van der Waals surface area contributed by atoms with Gasteiger partial charge in [0.15, 0.2) is 9.84 Å². The summed E-state index contributed by atoms with van der Waals surface area (Å²) in [6, 6.07) is 13.4. The van der Waals surface area contributed by atoms with Gasteiger partial charge in [-0.1, -0.05) is 0 Å². The van der Waals surface area contributed by atoms with Gasteiger partial charge in [0.1, 0.15) is 17.0 Å². The van der Waals surface area contributed by atoms with E-state index in [2.05, 4.69) is 20.3 Å². The van der Waals surface area contributed by atoms with Gasteiger partial charge < -0.3 is 19.8 Å². The lowest BCUT2D eigenvalue weighted by Gasteiger charge is -2.07.